The van der Waals surface area contributed by atoms with Crippen LogP contribution in [0, 0.1) is 0 Å². The number of nitrogens with zero attached hydrogens (tertiary/aromatic N) is 2. The molecule has 0 aromatic rings. The lowest BCUT2D eigenvalue weighted by molar-refractivity contribution is -0.272. The molecule has 0 aromatic heterocycles. The summed E-state index contributed by atoms with van der Waals surface area (Å²) >= 11 is 0. The molecular formula is C58H106N9O30P. The molecule has 3 rings (SSSR count). The smallest absolute Gasteiger partial charge is 0.394 e. The highest BCUT2D eigenvalue weighted by Gasteiger charge is 2.48. The minimum Gasteiger partial charge on any atom is -0.394 e. The van der Waals surface area contributed by atoms with Crippen molar-refractivity contribution in [2.24, 2.45) is 0 Å². The zero-order valence-corrected chi connectivity index (χ0v) is 57.2. The minimum atomic E-state index is -4.54. The van der Waals surface area contributed by atoms with Gasteiger partial charge in [-0.25, -0.2) is 4.57 Å². The van der Waals surface area contributed by atoms with Crippen LogP contribution in [0.25, 0.3) is 0 Å². The largest absolute Gasteiger partial charge is 0.472 e. The summed E-state index contributed by atoms with van der Waals surface area (Å²) in [5.74, 6) is -4.46. The molecule has 0 aromatic carbocycles. The SMILES string of the molecule is CC(=O)NC1C(CCCOCCNC(=O)CN(CCCN(CC(=O)NCCOCCOC2OC(CO)C(O)C(O)C2NC(C)=O)C(=O)CCCC(=O)NC[C@@H](O)COP(=O)(O)OC(C)(C)C)CC(=O)NCCOCCOC2OC(CO)C(O)C(O)C2NC(C)=O)OC(CO)C(O)C1O. The van der Waals surface area contributed by atoms with Gasteiger partial charge in [0.25, 0.3) is 0 Å². The molecule has 18 N–H and O–H groups in total. The number of hydrogen-bond donors (Lipinski definition) is 18. The van der Waals surface area contributed by atoms with Gasteiger partial charge in [0, 0.05) is 79.5 Å². The van der Waals surface area contributed by atoms with Crippen molar-refractivity contribution in [3.63, 3.8) is 0 Å². The number of phosphoric acid groups is 1. The van der Waals surface area contributed by atoms with E-state index in [2.05, 4.69) is 37.2 Å². The monoisotopic (exact) mass is 1440 g/mol. The van der Waals surface area contributed by atoms with Crippen LogP contribution in [0.5, 0.6) is 0 Å². The Balaban J connectivity index is 1.66. The van der Waals surface area contributed by atoms with E-state index in [-0.39, 0.29) is 137 Å². The quantitative estimate of drug-likeness (QED) is 0.0199. The highest BCUT2D eigenvalue weighted by Crippen LogP contribution is 2.47. The van der Waals surface area contributed by atoms with Gasteiger partial charge in [-0.15, -0.1) is 0 Å². The van der Waals surface area contributed by atoms with E-state index in [1.807, 2.05) is 0 Å². The molecule has 3 saturated heterocycles. The first-order valence-electron chi connectivity index (χ1n) is 32.4. The number of hydrogen-bond acceptors (Lipinski definition) is 30. The van der Waals surface area contributed by atoms with Crippen LogP contribution in [0.15, 0.2) is 0 Å². The second-order valence-corrected chi connectivity index (χ2v) is 25.8. The van der Waals surface area contributed by atoms with Crippen LogP contribution in [0.3, 0.4) is 0 Å². The molecule has 40 heteroatoms. The van der Waals surface area contributed by atoms with E-state index in [1.54, 1.807) is 0 Å². The Morgan fingerprint density at radius 3 is 1.41 bits per heavy atom. The Bertz CT molecular complexity index is 2390. The van der Waals surface area contributed by atoms with E-state index in [1.165, 1.54) is 51.3 Å². The summed E-state index contributed by atoms with van der Waals surface area (Å²) in [6.45, 7) is 3.43. The maximum absolute atomic E-state index is 13.9. The third-order valence-electron chi connectivity index (χ3n) is 14.9. The first-order chi connectivity index (χ1) is 46.3. The Morgan fingerprint density at radius 2 is 0.949 bits per heavy atom. The molecule has 3 fully saturated rings. The summed E-state index contributed by atoms with van der Waals surface area (Å²) in [6, 6.07) is -3.33. The second-order valence-electron chi connectivity index (χ2n) is 24.4. The first kappa shape index (κ1) is 87.3. The average molecular weight is 1440 g/mol. The third-order valence-corrected chi connectivity index (χ3v) is 16.1. The van der Waals surface area contributed by atoms with Crippen molar-refractivity contribution in [2.45, 2.75) is 184 Å². The van der Waals surface area contributed by atoms with Crippen molar-refractivity contribution >= 4 is 55.1 Å². The van der Waals surface area contributed by atoms with Gasteiger partial charge in [-0.3, -0.25) is 52.3 Å². The van der Waals surface area contributed by atoms with Gasteiger partial charge in [-0.1, -0.05) is 0 Å². The van der Waals surface area contributed by atoms with Crippen LogP contribution in [0.4, 0.5) is 0 Å². The number of phosphoric ester groups is 1. The van der Waals surface area contributed by atoms with E-state index >= 15 is 0 Å². The Hall–Kier alpha value is -4.89. The van der Waals surface area contributed by atoms with Gasteiger partial charge >= 0.3 is 7.82 Å². The van der Waals surface area contributed by atoms with Gasteiger partial charge in [0.05, 0.1) is 116 Å². The van der Waals surface area contributed by atoms with Gasteiger partial charge in [0.15, 0.2) is 12.6 Å². The van der Waals surface area contributed by atoms with E-state index in [0.29, 0.717) is 6.42 Å². The number of rotatable bonds is 47. The van der Waals surface area contributed by atoms with Crippen LogP contribution < -0.4 is 37.2 Å². The van der Waals surface area contributed by atoms with Crippen molar-refractivity contribution in [1.82, 2.24) is 47.0 Å². The summed E-state index contributed by atoms with van der Waals surface area (Å²) < 4.78 is 67.0. The van der Waals surface area contributed by atoms with Gasteiger partial charge in [-0.2, -0.15) is 0 Å². The molecule has 0 bridgehead atoms. The summed E-state index contributed by atoms with van der Waals surface area (Å²) in [5, 5.41) is 120. The third kappa shape index (κ3) is 33.7. The fourth-order valence-corrected chi connectivity index (χ4v) is 11.3. The van der Waals surface area contributed by atoms with Crippen LogP contribution in [0.2, 0.25) is 0 Å². The van der Waals surface area contributed by atoms with Crippen molar-refractivity contribution in [1.29, 1.82) is 0 Å². The van der Waals surface area contributed by atoms with Crippen molar-refractivity contribution in [3.8, 4) is 0 Å². The lowest BCUT2D eigenvalue weighted by Gasteiger charge is -2.42. The Morgan fingerprint density at radius 1 is 0.510 bits per heavy atom. The Labute approximate surface area is 568 Å². The molecule has 16 unspecified atom stereocenters. The maximum atomic E-state index is 13.9. The predicted octanol–water partition coefficient (Wildman–Crippen LogP) is -8.83. The molecule has 0 spiro atoms. The molecule has 17 atom stereocenters. The fourth-order valence-electron chi connectivity index (χ4n) is 10.2. The number of amides is 8. The minimum absolute atomic E-state index is 0.0101. The molecule has 3 aliphatic rings. The van der Waals surface area contributed by atoms with E-state index < -0.39 is 192 Å². The molecule has 568 valence electrons. The van der Waals surface area contributed by atoms with Gasteiger partial charge in [0.1, 0.15) is 67.0 Å². The predicted molar refractivity (Wildman–Crippen MR) is 336 cm³/mol. The molecule has 0 aliphatic carbocycles. The molecule has 3 aliphatic heterocycles. The standard InChI is InChI=1S/C58H106N9O30P/c1-34(71)63-47-38(94-39(30-68)50(80)53(47)83)10-8-18-88-19-13-59-43(76)27-66(28-44(77)60-14-20-89-22-24-91-56-48(64-35(2)72)54(84)51(81)40(31-69)95-56)16-9-17-67(46(79)12-7-11-42(75)62-26-37(74)33-93-98(86,87)97-58(4,5)6)29-45(78)61-15-21-90-23-25-92-57-49(65-36(3)73)55(85)52(82)41(32-70)96-57/h37-41,47-57,68-70,74,80-85H,7-33H2,1-6H3,(H,59,76)(H,60,77)(H,61,78)(H,62,75)(H,63,71)(H,64,72)(H,65,73)(H,86,87)/t37-,38?,39?,40?,41?,47?,48?,49?,50?,51?,52?,53?,54?,55?,56?,57?/m1/s1. The Kier molecular flexibility index (Phi) is 40.9. The van der Waals surface area contributed by atoms with E-state index in [9.17, 15) is 98.9 Å². The fraction of sp³-hybridized carbons (Fsp3) is 0.862. The number of aliphatic hydroxyl groups excluding tert-OH is 10. The molecule has 8 amide bonds. The molecule has 3 heterocycles. The van der Waals surface area contributed by atoms with Gasteiger partial charge < -0.3 is 136 Å². The van der Waals surface area contributed by atoms with Crippen molar-refractivity contribution in [2.75, 3.05) is 138 Å². The van der Waals surface area contributed by atoms with Crippen LogP contribution in [-0.4, -0.2) is 355 Å². The average Bonchev–Trinajstić information content (AvgIpc) is 0.825. The molecule has 0 saturated carbocycles. The molecular weight excluding hydrogens is 1330 g/mol. The normalized spacial score (nSPS) is 26.7. The molecule has 98 heavy (non-hydrogen) atoms. The number of carbonyl (C=O) groups is 8. The van der Waals surface area contributed by atoms with Crippen molar-refractivity contribution in [3.05, 3.63) is 0 Å². The molecule has 0 radical (unpaired) electrons. The number of ether oxygens (including phenoxy) is 8. The highest BCUT2D eigenvalue weighted by atomic mass is 31.2. The van der Waals surface area contributed by atoms with E-state index in [4.69, 9.17) is 46.9 Å². The summed E-state index contributed by atoms with van der Waals surface area (Å²) in [5.41, 5.74) is -1.04. The molecule has 39 nitrogen and oxygen atoms in total. The zero-order valence-electron chi connectivity index (χ0n) is 56.3. The second kappa shape index (κ2) is 45.9. The zero-order chi connectivity index (χ0) is 73.1. The summed E-state index contributed by atoms with van der Waals surface area (Å²) in [6.07, 6.45) is -17.0. The number of carbonyl (C=O) groups excluding carboxylic acids is 8. The number of aliphatic hydroxyl groups is 10. The number of nitrogens with one attached hydrogen (secondary N) is 7. The lowest BCUT2D eigenvalue weighted by atomic mass is 9.90. The summed E-state index contributed by atoms with van der Waals surface area (Å²) in [7, 11) is -4.54. The van der Waals surface area contributed by atoms with Gasteiger partial charge in [0.2, 0.25) is 47.3 Å². The topological polar surface area (TPSA) is 559 Å². The van der Waals surface area contributed by atoms with Gasteiger partial charge in [-0.05, 0) is 46.5 Å². The lowest BCUT2D eigenvalue weighted by Crippen LogP contribution is -2.64. The summed E-state index contributed by atoms with van der Waals surface area (Å²) in [4.78, 5) is 115. The highest BCUT2D eigenvalue weighted by molar-refractivity contribution is 7.47. The van der Waals surface area contributed by atoms with E-state index in [0.717, 1.165) is 0 Å². The van der Waals surface area contributed by atoms with Crippen LogP contribution in [-0.2, 0) is 89.9 Å². The first-order valence-corrected chi connectivity index (χ1v) is 33.9. The van der Waals surface area contributed by atoms with Crippen LogP contribution in [0.1, 0.15) is 80.1 Å². The maximum Gasteiger partial charge on any atom is 0.472 e. The van der Waals surface area contributed by atoms with Crippen LogP contribution >= 0.6 is 7.82 Å². The van der Waals surface area contributed by atoms with Crippen molar-refractivity contribution < 1.29 is 146 Å².